The van der Waals surface area contributed by atoms with Gasteiger partial charge in [-0.2, -0.15) is 0 Å². The van der Waals surface area contributed by atoms with Gasteiger partial charge in [0.1, 0.15) is 5.82 Å². The van der Waals surface area contributed by atoms with Gasteiger partial charge >= 0.3 is 0 Å². The molecule has 1 N–H and O–H groups in total. The molecule has 0 bridgehead atoms. The first kappa shape index (κ1) is 11.2. The number of nitrogens with one attached hydrogen (secondary N) is 1. The number of benzene rings is 1. The van der Waals surface area contributed by atoms with E-state index in [9.17, 15) is 4.39 Å². The Morgan fingerprint density at radius 1 is 1.35 bits per heavy atom. The summed E-state index contributed by atoms with van der Waals surface area (Å²) in [5.74, 6) is -0.196. The highest BCUT2D eigenvalue weighted by Gasteiger charge is 2.20. The molecule has 1 aromatic carbocycles. The van der Waals surface area contributed by atoms with Crippen molar-refractivity contribution in [3.05, 3.63) is 32.8 Å². The first-order valence-electron chi connectivity index (χ1n) is 5.69. The zero-order valence-corrected chi connectivity index (χ0v) is 11.6. The Balaban J connectivity index is 2.45. The predicted molar refractivity (Wildman–Crippen MR) is 76.0 cm³/mol. The van der Waals surface area contributed by atoms with Gasteiger partial charge < -0.3 is 5.32 Å². The molecule has 0 aliphatic heterocycles. The van der Waals surface area contributed by atoms with Crippen LogP contribution in [0, 0.1) is 9.39 Å². The van der Waals surface area contributed by atoms with Crippen LogP contribution >= 0.6 is 22.6 Å². The highest BCUT2D eigenvalue weighted by atomic mass is 127. The van der Waals surface area contributed by atoms with Gasteiger partial charge in [0, 0.05) is 27.4 Å². The number of hydrogen-bond donors (Lipinski definition) is 1. The molecule has 0 amide bonds. The molecule has 1 heterocycles. The van der Waals surface area contributed by atoms with E-state index in [2.05, 4.69) is 27.9 Å². The van der Waals surface area contributed by atoms with Gasteiger partial charge in [0.25, 0.3) is 0 Å². The van der Waals surface area contributed by atoms with Crippen LogP contribution in [0.4, 0.5) is 10.1 Å². The van der Waals surface area contributed by atoms with Crippen LogP contribution in [0.15, 0.2) is 12.1 Å². The maximum Gasteiger partial charge on any atom is 0.125 e. The largest absolute Gasteiger partial charge is 0.387 e. The lowest BCUT2D eigenvalue weighted by Crippen LogP contribution is -2.00. The summed E-state index contributed by atoms with van der Waals surface area (Å²) >= 11 is 2.15. The smallest absolute Gasteiger partial charge is 0.125 e. The summed E-state index contributed by atoms with van der Waals surface area (Å²) in [5.41, 5.74) is 4.41. The first-order chi connectivity index (χ1) is 8.20. The maximum absolute atomic E-state index is 13.5. The zero-order chi connectivity index (χ0) is 12.0. The number of pyridine rings is 1. The fraction of sp³-hybridized carbons (Fsp3) is 0.308. The number of rotatable bonds is 1. The van der Waals surface area contributed by atoms with Gasteiger partial charge in [0.2, 0.25) is 0 Å². The van der Waals surface area contributed by atoms with E-state index in [0.717, 1.165) is 39.4 Å². The second-order valence-electron chi connectivity index (χ2n) is 4.30. The van der Waals surface area contributed by atoms with Crippen LogP contribution in [0.1, 0.15) is 17.7 Å². The summed E-state index contributed by atoms with van der Waals surface area (Å²) in [6.07, 6.45) is 3.22. The van der Waals surface area contributed by atoms with Crippen LogP contribution in [-0.2, 0) is 12.8 Å². The molecule has 0 fully saturated rings. The Hall–Kier alpha value is -0.910. The van der Waals surface area contributed by atoms with Crippen molar-refractivity contribution in [2.24, 2.45) is 0 Å². The summed E-state index contributed by atoms with van der Waals surface area (Å²) in [4.78, 5) is 4.69. The quantitative estimate of drug-likeness (QED) is 0.803. The fourth-order valence-corrected chi connectivity index (χ4v) is 3.28. The molecule has 88 valence electrons. The summed E-state index contributed by atoms with van der Waals surface area (Å²) < 4.78 is 14.4. The third-order valence-corrected chi connectivity index (χ3v) is 4.11. The van der Waals surface area contributed by atoms with Crippen molar-refractivity contribution in [2.75, 3.05) is 12.4 Å². The molecule has 1 aromatic heterocycles. The van der Waals surface area contributed by atoms with E-state index in [1.165, 1.54) is 17.3 Å². The average Bonchev–Trinajstić information content (AvgIpc) is 2.74. The van der Waals surface area contributed by atoms with Crippen LogP contribution < -0.4 is 5.32 Å². The maximum atomic E-state index is 13.5. The van der Waals surface area contributed by atoms with Crippen molar-refractivity contribution in [1.29, 1.82) is 0 Å². The van der Waals surface area contributed by atoms with E-state index < -0.39 is 0 Å². The van der Waals surface area contributed by atoms with Crippen LogP contribution in [-0.4, -0.2) is 12.0 Å². The highest BCUT2D eigenvalue weighted by molar-refractivity contribution is 14.1. The van der Waals surface area contributed by atoms with Gasteiger partial charge in [-0.05, 0) is 59.5 Å². The molecule has 0 saturated heterocycles. The first-order valence-corrected chi connectivity index (χ1v) is 6.77. The molecule has 0 unspecified atom stereocenters. The van der Waals surface area contributed by atoms with E-state index in [-0.39, 0.29) is 5.82 Å². The topological polar surface area (TPSA) is 24.9 Å². The third-order valence-electron chi connectivity index (χ3n) is 3.28. The van der Waals surface area contributed by atoms with E-state index in [0.29, 0.717) is 0 Å². The monoisotopic (exact) mass is 342 g/mol. The Morgan fingerprint density at radius 2 is 2.18 bits per heavy atom. The number of aryl methyl sites for hydroxylation is 1. The Kier molecular flexibility index (Phi) is 2.69. The summed E-state index contributed by atoms with van der Waals surface area (Å²) in [6, 6.07) is 3.12. The highest BCUT2D eigenvalue weighted by Crippen LogP contribution is 2.35. The lowest BCUT2D eigenvalue weighted by Gasteiger charge is -2.12. The lowest BCUT2D eigenvalue weighted by atomic mass is 10.1. The van der Waals surface area contributed by atoms with Crippen LogP contribution in [0.2, 0.25) is 0 Å². The summed E-state index contributed by atoms with van der Waals surface area (Å²) in [5, 5.41) is 4.12. The van der Waals surface area contributed by atoms with E-state index in [1.807, 2.05) is 7.05 Å². The summed E-state index contributed by atoms with van der Waals surface area (Å²) in [6.45, 7) is 0. The predicted octanol–water partition coefficient (Wildman–Crippen LogP) is 3.51. The molecule has 2 nitrogen and oxygen atoms in total. The lowest BCUT2D eigenvalue weighted by molar-refractivity contribution is 0.628. The van der Waals surface area contributed by atoms with Gasteiger partial charge in [-0.1, -0.05) is 0 Å². The van der Waals surface area contributed by atoms with Crippen molar-refractivity contribution in [2.45, 2.75) is 19.3 Å². The van der Waals surface area contributed by atoms with Crippen molar-refractivity contribution in [1.82, 2.24) is 4.98 Å². The minimum Gasteiger partial charge on any atom is -0.387 e. The second-order valence-corrected chi connectivity index (χ2v) is 5.46. The number of nitrogens with zero attached hydrogens (tertiary/aromatic N) is 1. The van der Waals surface area contributed by atoms with E-state index in [4.69, 9.17) is 4.98 Å². The summed E-state index contributed by atoms with van der Waals surface area (Å²) in [7, 11) is 1.89. The SMILES string of the molecule is CNc1c2c(nc3c(I)cc(F)cc13)CCC2. The normalized spacial score (nSPS) is 14.1. The second kappa shape index (κ2) is 4.08. The molecule has 17 heavy (non-hydrogen) atoms. The fourth-order valence-electron chi connectivity index (χ4n) is 2.57. The molecular formula is C13H12FIN2. The molecule has 1 aliphatic carbocycles. The van der Waals surface area contributed by atoms with Crippen LogP contribution in [0.5, 0.6) is 0 Å². The Bertz CT molecular complexity index is 610. The molecule has 3 rings (SSSR count). The minimum absolute atomic E-state index is 0.196. The molecule has 1 aliphatic rings. The number of halogens is 2. The third kappa shape index (κ3) is 1.69. The molecule has 4 heteroatoms. The molecule has 0 spiro atoms. The molecular weight excluding hydrogens is 330 g/mol. The van der Waals surface area contributed by atoms with Gasteiger partial charge in [0.15, 0.2) is 0 Å². The van der Waals surface area contributed by atoms with Crippen molar-refractivity contribution >= 4 is 39.2 Å². The number of aromatic nitrogens is 1. The van der Waals surface area contributed by atoms with E-state index in [1.54, 1.807) is 6.07 Å². The molecule has 2 aromatic rings. The van der Waals surface area contributed by atoms with E-state index >= 15 is 0 Å². The van der Waals surface area contributed by atoms with Gasteiger partial charge in [-0.15, -0.1) is 0 Å². The Morgan fingerprint density at radius 3 is 2.94 bits per heavy atom. The van der Waals surface area contributed by atoms with Gasteiger partial charge in [0.05, 0.1) is 5.52 Å². The standard InChI is InChI=1S/C13H12FIN2/c1-16-12-8-3-2-4-11(8)17-13-9(12)5-7(14)6-10(13)15/h5-6H,2-4H2,1H3,(H,16,17). The van der Waals surface area contributed by atoms with Crippen LogP contribution in [0.25, 0.3) is 10.9 Å². The number of fused-ring (bicyclic) bond motifs is 2. The van der Waals surface area contributed by atoms with Crippen molar-refractivity contribution in [3.8, 4) is 0 Å². The van der Waals surface area contributed by atoms with Gasteiger partial charge in [-0.25, -0.2) is 4.39 Å². The number of anilines is 1. The average molecular weight is 342 g/mol. The number of hydrogen-bond acceptors (Lipinski definition) is 2. The van der Waals surface area contributed by atoms with Gasteiger partial charge in [-0.3, -0.25) is 4.98 Å². The van der Waals surface area contributed by atoms with Crippen molar-refractivity contribution < 1.29 is 4.39 Å². The van der Waals surface area contributed by atoms with Crippen molar-refractivity contribution in [3.63, 3.8) is 0 Å². The molecule has 0 saturated carbocycles. The zero-order valence-electron chi connectivity index (χ0n) is 9.48. The minimum atomic E-state index is -0.196. The van der Waals surface area contributed by atoms with Crippen LogP contribution in [0.3, 0.4) is 0 Å². The molecule has 0 atom stereocenters. The molecule has 0 radical (unpaired) electrons. The Labute approximate surface area is 113 Å².